The lowest BCUT2D eigenvalue weighted by molar-refractivity contribution is 0.831. The standard InChI is InChI=1S/C17H11Cl2N3S/c18-12-4-5-14-13(8-12)21-17(15-2-1-7-23-15)22(14)10-11-3-6-16(19)20-9-11/h1-9H,10H2. The van der Waals surface area contributed by atoms with Crippen molar-refractivity contribution >= 4 is 45.6 Å². The number of halogens is 2. The molecule has 3 heterocycles. The second-order valence-electron chi connectivity index (χ2n) is 5.12. The summed E-state index contributed by atoms with van der Waals surface area (Å²) in [4.78, 5) is 10.1. The first kappa shape index (κ1) is 14.7. The maximum absolute atomic E-state index is 6.11. The van der Waals surface area contributed by atoms with Crippen LogP contribution < -0.4 is 0 Å². The van der Waals surface area contributed by atoms with E-state index in [1.54, 1.807) is 23.6 Å². The van der Waals surface area contributed by atoms with Gasteiger partial charge in [0.15, 0.2) is 5.82 Å². The highest BCUT2D eigenvalue weighted by Crippen LogP contribution is 2.30. The molecule has 4 aromatic rings. The Labute approximate surface area is 147 Å². The van der Waals surface area contributed by atoms with E-state index in [1.807, 2.05) is 30.3 Å². The summed E-state index contributed by atoms with van der Waals surface area (Å²) in [5.41, 5.74) is 3.01. The Morgan fingerprint density at radius 1 is 1.09 bits per heavy atom. The summed E-state index contributed by atoms with van der Waals surface area (Å²) in [6, 6.07) is 13.7. The highest BCUT2D eigenvalue weighted by molar-refractivity contribution is 7.13. The summed E-state index contributed by atoms with van der Waals surface area (Å²) in [7, 11) is 0. The van der Waals surface area contributed by atoms with E-state index in [-0.39, 0.29) is 0 Å². The van der Waals surface area contributed by atoms with Crippen LogP contribution in [0.2, 0.25) is 10.2 Å². The third-order valence-electron chi connectivity index (χ3n) is 3.58. The third kappa shape index (κ3) is 2.85. The van der Waals surface area contributed by atoms with E-state index in [0.717, 1.165) is 27.3 Å². The van der Waals surface area contributed by atoms with Crippen molar-refractivity contribution in [1.82, 2.24) is 14.5 Å². The van der Waals surface area contributed by atoms with Gasteiger partial charge in [0.05, 0.1) is 22.5 Å². The minimum Gasteiger partial charge on any atom is -0.319 e. The Balaban J connectivity index is 1.88. The second kappa shape index (κ2) is 5.96. The van der Waals surface area contributed by atoms with Gasteiger partial charge in [-0.3, -0.25) is 0 Å². The topological polar surface area (TPSA) is 30.7 Å². The van der Waals surface area contributed by atoms with Gasteiger partial charge in [-0.1, -0.05) is 35.3 Å². The van der Waals surface area contributed by atoms with E-state index in [2.05, 4.69) is 21.0 Å². The second-order valence-corrected chi connectivity index (χ2v) is 6.89. The molecule has 1 aromatic carbocycles. The van der Waals surface area contributed by atoms with Crippen LogP contribution in [0.3, 0.4) is 0 Å². The number of pyridine rings is 1. The van der Waals surface area contributed by atoms with Gasteiger partial charge in [-0.2, -0.15) is 0 Å². The average Bonchev–Trinajstić information content (AvgIpc) is 3.17. The summed E-state index contributed by atoms with van der Waals surface area (Å²) >= 11 is 13.7. The lowest BCUT2D eigenvalue weighted by Crippen LogP contribution is -2.02. The molecule has 0 aliphatic rings. The molecule has 0 saturated heterocycles. The van der Waals surface area contributed by atoms with Gasteiger partial charge in [0.25, 0.3) is 0 Å². The van der Waals surface area contributed by atoms with E-state index in [9.17, 15) is 0 Å². The smallest absolute Gasteiger partial charge is 0.151 e. The molecule has 6 heteroatoms. The molecule has 0 aliphatic carbocycles. The van der Waals surface area contributed by atoms with Gasteiger partial charge in [-0.25, -0.2) is 9.97 Å². The summed E-state index contributed by atoms with van der Waals surface area (Å²) in [6.45, 7) is 0.676. The van der Waals surface area contributed by atoms with E-state index < -0.39 is 0 Å². The molecule has 0 saturated carbocycles. The van der Waals surface area contributed by atoms with Crippen molar-refractivity contribution in [3.05, 3.63) is 69.8 Å². The monoisotopic (exact) mass is 359 g/mol. The van der Waals surface area contributed by atoms with Gasteiger partial charge in [-0.05, 0) is 41.3 Å². The van der Waals surface area contributed by atoms with E-state index >= 15 is 0 Å². The number of hydrogen-bond acceptors (Lipinski definition) is 3. The maximum atomic E-state index is 6.11. The van der Waals surface area contributed by atoms with Crippen LogP contribution in [0.25, 0.3) is 21.7 Å². The predicted octanol–water partition coefficient (Wildman–Crippen LogP) is 5.51. The van der Waals surface area contributed by atoms with Gasteiger partial charge >= 0.3 is 0 Å². The number of thiophene rings is 1. The molecule has 0 fully saturated rings. The zero-order chi connectivity index (χ0) is 15.8. The normalized spacial score (nSPS) is 11.2. The van der Waals surface area contributed by atoms with Gasteiger partial charge in [-0.15, -0.1) is 11.3 Å². The van der Waals surface area contributed by atoms with Crippen molar-refractivity contribution in [2.45, 2.75) is 6.54 Å². The largest absolute Gasteiger partial charge is 0.319 e. The number of benzene rings is 1. The Kier molecular flexibility index (Phi) is 3.81. The van der Waals surface area contributed by atoms with E-state index in [4.69, 9.17) is 28.2 Å². The van der Waals surface area contributed by atoms with Crippen LogP contribution >= 0.6 is 34.5 Å². The molecule has 3 nitrogen and oxygen atoms in total. The fourth-order valence-electron chi connectivity index (χ4n) is 2.54. The Morgan fingerprint density at radius 2 is 2.00 bits per heavy atom. The summed E-state index contributed by atoms with van der Waals surface area (Å²) in [5.74, 6) is 0.937. The lowest BCUT2D eigenvalue weighted by Gasteiger charge is -2.08. The summed E-state index contributed by atoms with van der Waals surface area (Å²) in [5, 5.41) is 3.23. The van der Waals surface area contributed by atoms with E-state index in [0.29, 0.717) is 16.7 Å². The molecule has 0 atom stereocenters. The van der Waals surface area contributed by atoms with Gasteiger partial charge in [0.1, 0.15) is 5.15 Å². The molecule has 3 aromatic heterocycles. The quantitative estimate of drug-likeness (QED) is 0.451. The minimum absolute atomic E-state index is 0.495. The molecular formula is C17H11Cl2N3S. The van der Waals surface area contributed by atoms with Crippen molar-refractivity contribution < 1.29 is 0 Å². The van der Waals surface area contributed by atoms with Crippen LogP contribution in [0.1, 0.15) is 5.56 Å². The zero-order valence-corrected chi connectivity index (χ0v) is 14.2. The van der Waals surface area contributed by atoms with E-state index in [1.165, 1.54) is 0 Å². The SMILES string of the molecule is Clc1ccc2c(c1)nc(-c1cccs1)n2Cc1ccc(Cl)nc1. The first-order chi connectivity index (χ1) is 11.2. The van der Waals surface area contributed by atoms with Crippen LogP contribution in [0.5, 0.6) is 0 Å². The fraction of sp³-hybridized carbons (Fsp3) is 0.0588. The highest BCUT2D eigenvalue weighted by atomic mass is 35.5. The molecule has 4 rings (SSSR count). The average molecular weight is 360 g/mol. The van der Waals surface area contributed by atoms with Gasteiger partial charge in [0, 0.05) is 11.2 Å². The minimum atomic E-state index is 0.495. The van der Waals surface area contributed by atoms with Crippen LogP contribution in [0.4, 0.5) is 0 Å². The number of imidazole rings is 1. The van der Waals surface area contributed by atoms with Crippen LogP contribution in [-0.2, 0) is 6.54 Å². The fourth-order valence-corrected chi connectivity index (χ4v) is 3.54. The number of rotatable bonds is 3. The first-order valence-corrected chi connectivity index (χ1v) is 8.64. The number of nitrogens with zero attached hydrogens (tertiary/aromatic N) is 3. The predicted molar refractivity (Wildman–Crippen MR) is 96.4 cm³/mol. The van der Waals surface area contributed by atoms with Gasteiger partial charge in [0.2, 0.25) is 0 Å². The van der Waals surface area contributed by atoms with Crippen molar-refractivity contribution in [1.29, 1.82) is 0 Å². The number of hydrogen-bond donors (Lipinski definition) is 0. The molecule has 0 unspecified atom stereocenters. The molecule has 0 bridgehead atoms. The third-order valence-corrected chi connectivity index (χ3v) is 4.91. The molecule has 23 heavy (non-hydrogen) atoms. The molecule has 0 radical (unpaired) electrons. The van der Waals surface area contributed by atoms with Crippen molar-refractivity contribution in [3.8, 4) is 10.7 Å². The molecule has 0 aliphatic heterocycles. The van der Waals surface area contributed by atoms with Gasteiger partial charge < -0.3 is 4.57 Å². The molecule has 0 spiro atoms. The Bertz CT molecular complexity index is 960. The van der Waals surface area contributed by atoms with Crippen molar-refractivity contribution in [2.24, 2.45) is 0 Å². The molecule has 0 N–H and O–H groups in total. The molecule has 0 amide bonds. The Hall–Kier alpha value is -1.88. The number of fused-ring (bicyclic) bond motifs is 1. The summed E-state index contributed by atoms with van der Waals surface area (Å²) in [6.07, 6.45) is 1.79. The van der Waals surface area contributed by atoms with Crippen molar-refractivity contribution in [3.63, 3.8) is 0 Å². The molecule has 114 valence electrons. The molecular weight excluding hydrogens is 349 g/mol. The van der Waals surface area contributed by atoms with Crippen molar-refractivity contribution in [2.75, 3.05) is 0 Å². The van der Waals surface area contributed by atoms with Crippen LogP contribution in [-0.4, -0.2) is 14.5 Å². The lowest BCUT2D eigenvalue weighted by atomic mass is 10.2. The van der Waals surface area contributed by atoms with Crippen LogP contribution in [0.15, 0.2) is 54.0 Å². The zero-order valence-electron chi connectivity index (χ0n) is 11.9. The maximum Gasteiger partial charge on any atom is 0.151 e. The summed E-state index contributed by atoms with van der Waals surface area (Å²) < 4.78 is 2.18. The highest BCUT2D eigenvalue weighted by Gasteiger charge is 2.14. The number of aromatic nitrogens is 3. The van der Waals surface area contributed by atoms with Crippen LogP contribution in [0, 0.1) is 0 Å². The Morgan fingerprint density at radius 3 is 2.74 bits per heavy atom. The first-order valence-electron chi connectivity index (χ1n) is 7.01.